The fourth-order valence-electron chi connectivity index (χ4n) is 12.2. The molecule has 0 atom stereocenters. The van der Waals surface area contributed by atoms with Crippen LogP contribution in [0.4, 0.5) is 0 Å². The van der Waals surface area contributed by atoms with Gasteiger partial charge in [-0.15, -0.1) is 0 Å². The van der Waals surface area contributed by atoms with Crippen LogP contribution in [0.3, 0.4) is 0 Å². The molecule has 76 heavy (non-hydrogen) atoms. The Bertz CT molecular complexity index is 4300. The van der Waals surface area contributed by atoms with Crippen molar-refractivity contribution in [2.75, 3.05) is 0 Å². The van der Waals surface area contributed by atoms with Crippen molar-refractivity contribution in [2.45, 2.75) is 0 Å². The molecule has 2 aliphatic heterocycles. The molecule has 0 aliphatic carbocycles. The van der Waals surface area contributed by atoms with E-state index in [4.69, 9.17) is 19.7 Å². The van der Waals surface area contributed by atoms with Gasteiger partial charge < -0.3 is 0 Å². The molecule has 0 bridgehead atoms. The molecule has 0 saturated carbocycles. The van der Waals surface area contributed by atoms with Gasteiger partial charge in [0.25, 0.3) is 0 Å². The Balaban J connectivity index is 0.872. The summed E-state index contributed by atoms with van der Waals surface area (Å²) in [5.74, 6) is 3.82. The summed E-state index contributed by atoms with van der Waals surface area (Å²) >= 11 is 0.0220. The van der Waals surface area contributed by atoms with Crippen LogP contribution in [-0.2, 0) is 0 Å². The van der Waals surface area contributed by atoms with E-state index in [0.717, 1.165) is 39.3 Å². The van der Waals surface area contributed by atoms with Crippen molar-refractivity contribution in [2.24, 2.45) is 0 Å². The average molecular weight is 1050 g/mol. The van der Waals surface area contributed by atoms with Crippen molar-refractivity contribution in [3.63, 3.8) is 0 Å². The molecule has 0 saturated heterocycles. The van der Waals surface area contributed by atoms with Gasteiger partial charge in [-0.25, -0.2) is 0 Å². The van der Waals surface area contributed by atoms with Crippen LogP contribution in [0.5, 0.6) is 11.5 Å². The van der Waals surface area contributed by atoms with E-state index in [-0.39, 0.29) is 21.2 Å². The summed E-state index contributed by atoms with van der Waals surface area (Å²) in [6, 6.07) is 97.3. The third kappa shape index (κ3) is 7.16. The van der Waals surface area contributed by atoms with E-state index in [9.17, 15) is 0 Å². The van der Waals surface area contributed by atoms with Crippen LogP contribution in [0.1, 0.15) is 0 Å². The maximum atomic E-state index is 7.12. The van der Waals surface area contributed by atoms with Gasteiger partial charge in [0.2, 0.25) is 0 Å². The molecule has 11 aromatic carbocycles. The number of para-hydroxylation sites is 1. The van der Waals surface area contributed by atoms with Crippen LogP contribution < -0.4 is 41.9 Å². The Morgan fingerprint density at radius 3 is 1.39 bits per heavy atom. The quantitative estimate of drug-likeness (QED) is 0.142. The molecule has 4 heterocycles. The molecule has 2 aliphatic rings. The number of nitrogens with zero attached hydrogens (tertiary/aromatic N) is 3. The summed E-state index contributed by atoms with van der Waals surface area (Å²) in [6.07, 6.45) is 0. The van der Waals surface area contributed by atoms with E-state index in [2.05, 4.69) is 231 Å². The fraction of sp³-hybridized carbons (Fsp3) is 0. The van der Waals surface area contributed by atoms with Gasteiger partial charge in [0.1, 0.15) is 0 Å². The summed E-state index contributed by atoms with van der Waals surface area (Å²) in [7, 11) is -2.92. The second-order valence-corrected chi connectivity index (χ2v) is 25.6. The molecule has 7 heteroatoms. The number of ether oxygens (including phenoxy) is 1. The first-order valence-corrected chi connectivity index (χ1v) is 29.6. The molecular formula is C69H44BN3OSeSi. The molecule has 0 amide bonds. The number of aromatic nitrogens is 3. The van der Waals surface area contributed by atoms with Crippen molar-refractivity contribution in [3.05, 3.63) is 267 Å². The number of hydrogen-bond acceptors (Lipinski definition) is 4. The van der Waals surface area contributed by atoms with Gasteiger partial charge in [-0.1, -0.05) is 24.3 Å². The van der Waals surface area contributed by atoms with E-state index in [1.54, 1.807) is 0 Å². The Morgan fingerprint density at radius 1 is 0.329 bits per heavy atom. The molecular weight excluding hydrogens is 1000 g/mol. The molecule has 4 nitrogen and oxygen atoms in total. The number of fused-ring (bicyclic) bond motifs is 7. The van der Waals surface area contributed by atoms with Crippen LogP contribution in [0, 0.1) is 0 Å². The predicted molar refractivity (Wildman–Crippen MR) is 319 cm³/mol. The standard InChI is InChI=1S/C69H44BN3OSeSi/c1-5-21-45(22-6-1)67-71-68(46-23-7-2-8-24-46)73-69(72-67)50-28-18-27-49(42-50)55-34-20-36-57-56-35-19-33-54(65(56)75-66(55)57)48-26-17-25-47(41-48)51-43-61-64-63(44-51)76(52-29-9-3-10-30-52,53-31-11-4-12-32-53)62-40-16-14-38-59(62)70(64)58-37-13-15-39-60(58)74-61/h1-44H. The molecule has 0 radical (unpaired) electrons. The minimum absolute atomic E-state index is 0.0220. The first-order valence-electron chi connectivity index (χ1n) is 25.9. The van der Waals surface area contributed by atoms with Crippen LogP contribution in [0.25, 0.3) is 86.8 Å². The Labute approximate surface area is 448 Å². The summed E-state index contributed by atoms with van der Waals surface area (Å²) in [4.78, 5) is 15.1. The summed E-state index contributed by atoms with van der Waals surface area (Å²) in [5, 5.41) is 8.17. The van der Waals surface area contributed by atoms with Crippen LogP contribution in [0.2, 0.25) is 0 Å². The molecule has 354 valence electrons. The van der Waals surface area contributed by atoms with Gasteiger partial charge in [0.15, 0.2) is 0 Å². The van der Waals surface area contributed by atoms with Gasteiger partial charge in [-0.05, 0) is 0 Å². The van der Waals surface area contributed by atoms with E-state index < -0.39 is 8.07 Å². The second kappa shape index (κ2) is 18.2. The second-order valence-electron chi connectivity index (χ2n) is 19.7. The minimum atomic E-state index is -2.92. The molecule has 0 N–H and O–H groups in total. The van der Waals surface area contributed by atoms with Crippen molar-refractivity contribution in [1.82, 2.24) is 15.0 Å². The third-order valence-electron chi connectivity index (χ3n) is 15.5. The SMILES string of the molecule is c1ccc(-c2nc(-c3ccccc3)nc(-c3cccc(-c4cccc5c4[se]c4c(-c6cccc(-c7cc8c9c(c7)[Si](c7ccccc7)(c7ccccc7)c7ccccc7B9c7ccccc7O8)c6)cccc45)c3)n2)cc1. The molecule has 2 aromatic heterocycles. The zero-order chi connectivity index (χ0) is 50.2. The Kier molecular flexibility index (Phi) is 10.6. The molecule has 0 unspecified atom stereocenters. The normalized spacial score (nSPS) is 12.9. The molecule has 0 fully saturated rings. The van der Waals surface area contributed by atoms with Gasteiger partial charge in [-0.3, -0.25) is 0 Å². The van der Waals surface area contributed by atoms with Crippen LogP contribution in [0.15, 0.2) is 267 Å². The van der Waals surface area contributed by atoms with Crippen LogP contribution in [-0.4, -0.2) is 44.2 Å². The fourth-order valence-corrected chi connectivity index (χ4v) is 20.4. The number of benzene rings is 11. The van der Waals surface area contributed by atoms with Gasteiger partial charge >= 0.3 is 427 Å². The zero-order valence-electron chi connectivity index (χ0n) is 41.1. The van der Waals surface area contributed by atoms with Crippen molar-refractivity contribution in [3.8, 4) is 79.0 Å². The van der Waals surface area contributed by atoms with Crippen molar-refractivity contribution < 1.29 is 4.74 Å². The molecule has 13 aromatic rings. The number of rotatable bonds is 8. The van der Waals surface area contributed by atoms with Crippen molar-refractivity contribution in [1.29, 1.82) is 0 Å². The van der Waals surface area contributed by atoms with Gasteiger partial charge in [-0.2, -0.15) is 0 Å². The summed E-state index contributed by atoms with van der Waals surface area (Å²) < 4.78 is 9.91. The maximum absolute atomic E-state index is 7.12. The summed E-state index contributed by atoms with van der Waals surface area (Å²) in [5.41, 5.74) is 13.9. The Morgan fingerprint density at radius 2 is 0.789 bits per heavy atom. The molecule has 0 spiro atoms. The monoisotopic (exact) mass is 1050 g/mol. The number of hydrogen-bond donors (Lipinski definition) is 0. The Hall–Kier alpha value is -8.97. The average Bonchev–Trinajstić information content (AvgIpc) is 4.01. The van der Waals surface area contributed by atoms with E-state index in [0.29, 0.717) is 17.5 Å². The van der Waals surface area contributed by atoms with E-state index >= 15 is 0 Å². The van der Waals surface area contributed by atoms with Crippen LogP contribution >= 0.6 is 0 Å². The van der Waals surface area contributed by atoms with E-state index in [1.807, 2.05) is 36.4 Å². The molecule has 15 rings (SSSR count). The predicted octanol–water partition coefficient (Wildman–Crippen LogP) is 11.5. The topological polar surface area (TPSA) is 47.9 Å². The third-order valence-corrected chi connectivity index (χ3v) is 23.1. The van der Waals surface area contributed by atoms with Gasteiger partial charge in [0, 0.05) is 0 Å². The summed E-state index contributed by atoms with van der Waals surface area (Å²) in [6.45, 7) is 0.0479. The first kappa shape index (κ1) is 44.5. The van der Waals surface area contributed by atoms with E-state index in [1.165, 1.54) is 78.7 Å². The first-order chi connectivity index (χ1) is 37.7. The van der Waals surface area contributed by atoms with Crippen molar-refractivity contribution >= 4 is 85.7 Å². The van der Waals surface area contributed by atoms with Gasteiger partial charge in [0.05, 0.1) is 0 Å². The zero-order valence-corrected chi connectivity index (χ0v) is 43.9.